The van der Waals surface area contributed by atoms with Gasteiger partial charge in [-0.1, -0.05) is 0 Å². The van der Waals surface area contributed by atoms with Gasteiger partial charge in [0, 0.05) is 12.0 Å². The smallest absolute Gasteiger partial charge is 0.398 e. The fourth-order valence-corrected chi connectivity index (χ4v) is 2.54. The van der Waals surface area contributed by atoms with Gasteiger partial charge < -0.3 is 10.5 Å². The summed E-state index contributed by atoms with van der Waals surface area (Å²) in [5.41, 5.74) is 5.10. The van der Waals surface area contributed by atoms with Gasteiger partial charge in [-0.15, -0.1) is 0 Å². The second-order valence-corrected chi connectivity index (χ2v) is 4.87. The van der Waals surface area contributed by atoms with E-state index in [1.54, 1.807) is 4.68 Å². The molecule has 2 aromatic rings. The Labute approximate surface area is 113 Å². The average molecular weight is 285 g/mol. The van der Waals surface area contributed by atoms with Gasteiger partial charge in [0.05, 0.1) is 23.0 Å². The molecular formula is C13H14F3N3O. The Morgan fingerprint density at radius 1 is 1.30 bits per heavy atom. The van der Waals surface area contributed by atoms with E-state index in [4.69, 9.17) is 10.5 Å². The standard InChI is InChI=1S/C13H14F3N3O/c14-13(15,16)9-4-5-10-8(12(9)17)7-18-19(10)11-3-1-2-6-20-11/h4-5,7,11H,1-3,6,17H2. The van der Waals surface area contributed by atoms with Crippen molar-refractivity contribution in [2.75, 3.05) is 12.3 Å². The van der Waals surface area contributed by atoms with Crippen LogP contribution >= 0.6 is 0 Å². The molecular weight excluding hydrogens is 271 g/mol. The second kappa shape index (κ2) is 4.66. The number of anilines is 1. The van der Waals surface area contributed by atoms with Gasteiger partial charge in [-0.25, -0.2) is 4.68 Å². The molecule has 0 saturated carbocycles. The van der Waals surface area contributed by atoms with Crippen molar-refractivity contribution in [1.82, 2.24) is 9.78 Å². The van der Waals surface area contributed by atoms with Gasteiger partial charge in [-0.2, -0.15) is 18.3 Å². The number of alkyl halides is 3. The van der Waals surface area contributed by atoms with Gasteiger partial charge in [-0.3, -0.25) is 0 Å². The quantitative estimate of drug-likeness (QED) is 0.818. The molecule has 1 aromatic carbocycles. The number of aromatic nitrogens is 2. The second-order valence-electron chi connectivity index (χ2n) is 4.87. The number of hydrogen-bond donors (Lipinski definition) is 1. The molecule has 4 nitrogen and oxygen atoms in total. The van der Waals surface area contributed by atoms with Gasteiger partial charge in [0.15, 0.2) is 6.23 Å². The number of nitrogens with zero attached hydrogens (tertiary/aromatic N) is 2. The lowest BCUT2D eigenvalue weighted by atomic mass is 10.1. The van der Waals surface area contributed by atoms with Crippen molar-refractivity contribution in [2.24, 2.45) is 0 Å². The summed E-state index contributed by atoms with van der Waals surface area (Å²) in [6.45, 7) is 0.641. The Balaban J connectivity index is 2.08. The number of hydrogen-bond acceptors (Lipinski definition) is 3. The van der Waals surface area contributed by atoms with Crippen LogP contribution in [0.3, 0.4) is 0 Å². The minimum Gasteiger partial charge on any atom is -0.398 e. The molecule has 0 bridgehead atoms. The fraction of sp³-hybridized carbons (Fsp3) is 0.462. The summed E-state index contributed by atoms with van der Waals surface area (Å²) in [6, 6.07) is 2.40. The highest BCUT2D eigenvalue weighted by atomic mass is 19.4. The Kier molecular flexibility index (Phi) is 3.08. The molecule has 1 aromatic heterocycles. The van der Waals surface area contributed by atoms with Crippen LogP contribution in [0.25, 0.3) is 10.9 Å². The van der Waals surface area contributed by atoms with E-state index in [1.807, 2.05) is 0 Å². The van der Waals surface area contributed by atoms with E-state index < -0.39 is 11.7 Å². The van der Waals surface area contributed by atoms with Crippen LogP contribution in [0, 0.1) is 0 Å². The molecule has 0 amide bonds. The first-order valence-corrected chi connectivity index (χ1v) is 6.43. The molecule has 1 unspecified atom stereocenters. The van der Waals surface area contributed by atoms with E-state index in [-0.39, 0.29) is 11.9 Å². The van der Waals surface area contributed by atoms with Crippen molar-refractivity contribution in [1.29, 1.82) is 0 Å². The molecule has 1 saturated heterocycles. The number of nitrogens with two attached hydrogens (primary N) is 1. The molecule has 7 heteroatoms. The molecule has 2 N–H and O–H groups in total. The lowest BCUT2D eigenvalue weighted by molar-refractivity contribution is -0.136. The van der Waals surface area contributed by atoms with E-state index in [9.17, 15) is 13.2 Å². The maximum Gasteiger partial charge on any atom is 0.418 e. The summed E-state index contributed by atoms with van der Waals surface area (Å²) in [4.78, 5) is 0. The van der Waals surface area contributed by atoms with Gasteiger partial charge in [0.1, 0.15) is 0 Å². The molecule has 2 heterocycles. The Bertz CT molecular complexity index is 630. The van der Waals surface area contributed by atoms with Crippen LogP contribution in [0.4, 0.5) is 18.9 Å². The van der Waals surface area contributed by atoms with E-state index in [2.05, 4.69) is 5.10 Å². The molecule has 0 spiro atoms. The zero-order valence-electron chi connectivity index (χ0n) is 10.7. The average Bonchev–Trinajstić information content (AvgIpc) is 2.83. The first-order valence-electron chi connectivity index (χ1n) is 6.43. The number of rotatable bonds is 1. The predicted octanol–water partition coefficient (Wildman–Crippen LogP) is 3.34. The first-order chi connectivity index (χ1) is 9.48. The number of fused-ring (bicyclic) bond motifs is 1. The minimum absolute atomic E-state index is 0.225. The molecule has 0 aliphatic carbocycles. The van der Waals surface area contributed by atoms with Gasteiger partial charge in [0.2, 0.25) is 0 Å². The van der Waals surface area contributed by atoms with Gasteiger partial charge >= 0.3 is 6.18 Å². The monoisotopic (exact) mass is 285 g/mol. The number of nitrogen functional groups attached to an aromatic ring is 1. The third-order valence-electron chi connectivity index (χ3n) is 3.56. The van der Waals surface area contributed by atoms with E-state index in [0.717, 1.165) is 25.3 Å². The highest BCUT2D eigenvalue weighted by molar-refractivity contribution is 5.92. The lowest BCUT2D eigenvalue weighted by Crippen LogP contribution is -2.19. The van der Waals surface area contributed by atoms with Crippen LogP contribution in [-0.2, 0) is 10.9 Å². The van der Waals surface area contributed by atoms with E-state index >= 15 is 0 Å². The van der Waals surface area contributed by atoms with Crippen LogP contribution < -0.4 is 5.73 Å². The van der Waals surface area contributed by atoms with Crippen molar-refractivity contribution in [3.05, 3.63) is 23.9 Å². The Hall–Kier alpha value is -1.76. The summed E-state index contributed by atoms with van der Waals surface area (Å²) in [5, 5.41) is 4.46. The zero-order valence-corrected chi connectivity index (χ0v) is 10.7. The van der Waals surface area contributed by atoms with Crippen LogP contribution in [-0.4, -0.2) is 16.4 Å². The molecule has 108 valence electrons. The molecule has 1 aliphatic heterocycles. The van der Waals surface area contributed by atoms with Crippen LogP contribution in [0.15, 0.2) is 18.3 Å². The molecule has 0 radical (unpaired) electrons. The third-order valence-corrected chi connectivity index (χ3v) is 3.56. The fourth-order valence-electron chi connectivity index (χ4n) is 2.54. The Morgan fingerprint density at radius 2 is 2.10 bits per heavy atom. The van der Waals surface area contributed by atoms with Crippen LogP contribution in [0.5, 0.6) is 0 Å². The van der Waals surface area contributed by atoms with Crippen LogP contribution in [0.2, 0.25) is 0 Å². The summed E-state index contributed by atoms with van der Waals surface area (Å²) in [6.07, 6.45) is -0.493. The number of halogens is 3. The SMILES string of the molecule is Nc1c(C(F)(F)F)ccc2c1cnn2C1CCCCO1. The van der Waals surface area contributed by atoms with Crippen molar-refractivity contribution in [2.45, 2.75) is 31.7 Å². The molecule has 20 heavy (non-hydrogen) atoms. The van der Waals surface area contributed by atoms with Gasteiger partial charge in [-0.05, 0) is 31.4 Å². The lowest BCUT2D eigenvalue weighted by Gasteiger charge is -2.23. The number of benzene rings is 1. The number of ether oxygens (including phenoxy) is 1. The zero-order chi connectivity index (χ0) is 14.3. The third kappa shape index (κ3) is 2.11. The molecule has 1 atom stereocenters. The van der Waals surface area contributed by atoms with Crippen molar-refractivity contribution in [3.63, 3.8) is 0 Å². The topological polar surface area (TPSA) is 53.1 Å². The summed E-state index contributed by atoms with van der Waals surface area (Å²) in [7, 11) is 0. The maximum absolute atomic E-state index is 12.8. The first kappa shape index (κ1) is 13.2. The Morgan fingerprint density at radius 3 is 2.75 bits per heavy atom. The normalized spacial score (nSPS) is 20.4. The van der Waals surface area contributed by atoms with E-state index in [1.165, 1.54) is 12.3 Å². The predicted molar refractivity (Wildman–Crippen MR) is 68.0 cm³/mol. The molecule has 3 rings (SSSR count). The largest absolute Gasteiger partial charge is 0.418 e. The molecule has 1 aliphatic rings. The van der Waals surface area contributed by atoms with Crippen molar-refractivity contribution in [3.8, 4) is 0 Å². The highest BCUT2D eigenvalue weighted by Gasteiger charge is 2.34. The van der Waals surface area contributed by atoms with Crippen LogP contribution in [0.1, 0.15) is 31.1 Å². The summed E-state index contributed by atoms with van der Waals surface area (Å²) >= 11 is 0. The highest BCUT2D eigenvalue weighted by Crippen LogP contribution is 2.38. The van der Waals surface area contributed by atoms with Gasteiger partial charge in [0.25, 0.3) is 0 Å². The summed E-state index contributed by atoms with van der Waals surface area (Å²) < 4.78 is 45.6. The van der Waals surface area contributed by atoms with Crippen molar-refractivity contribution < 1.29 is 17.9 Å². The van der Waals surface area contributed by atoms with Crippen molar-refractivity contribution >= 4 is 16.6 Å². The maximum atomic E-state index is 12.8. The van der Waals surface area contributed by atoms with E-state index in [0.29, 0.717) is 17.5 Å². The minimum atomic E-state index is -4.46. The molecule has 1 fully saturated rings. The summed E-state index contributed by atoms with van der Waals surface area (Å²) in [5.74, 6) is 0.